The number of rotatable bonds is 7. The van der Waals surface area contributed by atoms with Crippen LogP contribution in [-0.2, 0) is 9.59 Å². The number of benzene rings is 2. The number of aromatic amines is 1. The Hall–Kier alpha value is -4.13. The molecule has 150 valence electrons. The topological polar surface area (TPSA) is 100 Å². The van der Waals surface area contributed by atoms with Gasteiger partial charge in [-0.05, 0) is 54.6 Å². The van der Waals surface area contributed by atoms with Gasteiger partial charge in [-0.1, -0.05) is 12.1 Å². The summed E-state index contributed by atoms with van der Waals surface area (Å²) in [6.07, 6.45) is 4.64. The maximum Gasteiger partial charge on any atom is 0.244 e. The molecule has 2 heterocycles. The highest BCUT2D eigenvalue weighted by molar-refractivity contribution is 5.93. The van der Waals surface area contributed by atoms with E-state index in [1.807, 2.05) is 48.5 Å². The zero-order valence-corrected chi connectivity index (χ0v) is 16.1. The van der Waals surface area contributed by atoms with Crippen molar-refractivity contribution in [2.45, 2.75) is 6.42 Å². The van der Waals surface area contributed by atoms with Crippen LogP contribution in [0, 0.1) is 0 Å². The number of amides is 2. The zero-order valence-electron chi connectivity index (χ0n) is 16.1. The minimum Gasteiger partial charge on any atom is -0.465 e. The van der Waals surface area contributed by atoms with Gasteiger partial charge in [0, 0.05) is 30.3 Å². The van der Waals surface area contributed by atoms with E-state index in [-0.39, 0.29) is 24.8 Å². The molecule has 0 saturated heterocycles. The summed E-state index contributed by atoms with van der Waals surface area (Å²) in [5, 5.41) is 5.49. The highest BCUT2D eigenvalue weighted by Gasteiger charge is 2.07. The Bertz CT molecular complexity index is 1140. The molecule has 0 saturated carbocycles. The first-order valence-corrected chi connectivity index (χ1v) is 9.52. The van der Waals surface area contributed by atoms with Crippen LogP contribution in [0.5, 0.6) is 0 Å². The van der Waals surface area contributed by atoms with E-state index in [1.165, 1.54) is 12.3 Å². The number of para-hydroxylation sites is 2. The molecule has 0 unspecified atom stereocenters. The Balaban J connectivity index is 1.26. The second-order valence-corrected chi connectivity index (χ2v) is 6.62. The Labute approximate surface area is 172 Å². The number of hydrogen-bond donors (Lipinski definition) is 3. The fraction of sp³-hybridized carbons (Fsp3) is 0.0870. The summed E-state index contributed by atoms with van der Waals surface area (Å²) in [5.74, 6) is 0.907. The molecule has 0 atom stereocenters. The van der Waals surface area contributed by atoms with Crippen molar-refractivity contribution in [2.24, 2.45) is 0 Å². The lowest BCUT2D eigenvalue weighted by molar-refractivity contribution is -0.117. The first kappa shape index (κ1) is 19.2. The van der Waals surface area contributed by atoms with Gasteiger partial charge in [-0.3, -0.25) is 9.59 Å². The second-order valence-electron chi connectivity index (χ2n) is 6.62. The number of nitrogens with one attached hydrogen (secondary N) is 3. The van der Waals surface area contributed by atoms with Gasteiger partial charge in [0.1, 0.15) is 11.6 Å². The van der Waals surface area contributed by atoms with E-state index in [1.54, 1.807) is 18.2 Å². The van der Waals surface area contributed by atoms with Gasteiger partial charge in [0.15, 0.2) is 0 Å². The molecule has 30 heavy (non-hydrogen) atoms. The van der Waals surface area contributed by atoms with Crippen molar-refractivity contribution in [3.63, 3.8) is 0 Å². The Morgan fingerprint density at radius 2 is 1.87 bits per heavy atom. The summed E-state index contributed by atoms with van der Waals surface area (Å²) >= 11 is 0. The number of imidazole rings is 1. The molecule has 7 nitrogen and oxygen atoms in total. The fourth-order valence-electron chi connectivity index (χ4n) is 2.93. The van der Waals surface area contributed by atoms with E-state index in [2.05, 4.69) is 20.6 Å². The molecule has 0 bridgehead atoms. The normalized spacial score (nSPS) is 11.1. The fourth-order valence-corrected chi connectivity index (χ4v) is 2.93. The van der Waals surface area contributed by atoms with E-state index < -0.39 is 0 Å². The highest BCUT2D eigenvalue weighted by atomic mass is 16.3. The van der Waals surface area contributed by atoms with Crippen LogP contribution in [0.1, 0.15) is 12.2 Å². The largest absolute Gasteiger partial charge is 0.465 e. The lowest BCUT2D eigenvalue weighted by Crippen LogP contribution is -2.26. The van der Waals surface area contributed by atoms with Gasteiger partial charge in [0.05, 0.1) is 17.3 Å². The molecule has 2 aromatic heterocycles. The first-order chi connectivity index (χ1) is 14.7. The van der Waals surface area contributed by atoms with Gasteiger partial charge in [0.25, 0.3) is 0 Å². The number of H-pyrrole nitrogens is 1. The first-order valence-electron chi connectivity index (χ1n) is 9.52. The van der Waals surface area contributed by atoms with Crippen LogP contribution in [0.25, 0.3) is 28.5 Å². The minimum atomic E-state index is -0.283. The molecule has 0 aliphatic heterocycles. The molecular weight excluding hydrogens is 380 g/mol. The van der Waals surface area contributed by atoms with Crippen LogP contribution in [-0.4, -0.2) is 28.3 Å². The number of fused-ring (bicyclic) bond motifs is 1. The highest BCUT2D eigenvalue weighted by Crippen LogP contribution is 2.22. The summed E-state index contributed by atoms with van der Waals surface area (Å²) in [5.41, 5.74) is 3.50. The van der Waals surface area contributed by atoms with E-state index in [9.17, 15) is 9.59 Å². The smallest absolute Gasteiger partial charge is 0.244 e. The number of hydrogen-bond acceptors (Lipinski definition) is 4. The molecule has 4 aromatic rings. The van der Waals surface area contributed by atoms with Crippen LogP contribution in [0.3, 0.4) is 0 Å². The van der Waals surface area contributed by atoms with Crippen molar-refractivity contribution in [3.05, 3.63) is 78.8 Å². The second kappa shape index (κ2) is 8.91. The van der Waals surface area contributed by atoms with Crippen LogP contribution in [0.4, 0.5) is 5.69 Å². The van der Waals surface area contributed by atoms with Crippen LogP contribution in [0.2, 0.25) is 0 Å². The van der Waals surface area contributed by atoms with Gasteiger partial charge in [-0.2, -0.15) is 0 Å². The van der Waals surface area contributed by atoms with Crippen LogP contribution < -0.4 is 10.6 Å². The van der Waals surface area contributed by atoms with Gasteiger partial charge in [0.2, 0.25) is 11.8 Å². The lowest BCUT2D eigenvalue weighted by atomic mass is 10.2. The van der Waals surface area contributed by atoms with E-state index >= 15 is 0 Å². The van der Waals surface area contributed by atoms with E-state index in [0.29, 0.717) is 11.4 Å². The number of nitrogens with zero attached hydrogens (tertiary/aromatic N) is 1. The Morgan fingerprint density at radius 3 is 2.63 bits per heavy atom. The molecule has 2 amide bonds. The third kappa shape index (κ3) is 4.82. The van der Waals surface area contributed by atoms with Gasteiger partial charge in [-0.25, -0.2) is 4.98 Å². The minimum absolute atomic E-state index is 0.172. The molecule has 0 aliphatic carbocycles. The van der Waals surface area contributed by atoms with E-state index in [0.717, 1.165) is 22.4 Å². The molecule has 3 N–H and O–H groups in total. The molecule has 0 spiro atoms. The lowest BCUT2D eigenvalue weighted by Gasteiger charge is -2.06. The Morgan fingerprint density at radius 1 is 1.03 bits per heavy atom. The summed E-state index contributed by atoms with van der Waals surface area (Å²) in [7, 11) is 0. The maximum atomic E-state index is 12.1. The van der Waals surface area contributed by atoms with E-state index in [4.69, 9.17) is 4.42 Å². The van der Waals surface area contributed by atoms with Gasteiger partial charge < -0.3 is 20.0 Å². The van der Waals surface area contributed by atoms with Crippen molar-refractivity contribution in [3.8, 4) is 11.4 Å². The SMILES string of the molecule is O=C(/C=C/c1ccco1)NCCC(=O)Nc1ccc(-c2nc3ccccc3[nH]2)cc1. The zero-order chi connectivity index (χ0) is 20.8. The number of anilines is 1. The predicted octanol–water partition coefficient (Wildman–Crippen LogP) is 3.98. The van der Waals surface area contributed by atoms with Gasteiger partial charge in [-0.15, -0.1) is 0 Å². The summed E-state index contributed by atoms with van der Waals surface area (Å²) in [6, 6.07) is 18.8. The summed E-state index contributed by atoms with van der Waals surface area (Å²) < 4.78 is 5.11. The average Bonchev–Trinajstić information content (AvgIpc) is 3.42. The molecule has 4 rings (SSSR count). The molecular formula is C23H20N4O3. The molecule has 0 fully saturated rings. The summed E-state index contributed by atoms with van der Waals surface area (Å²) in [6.45, 7) is 0.240. The van der Waals surface area contributed by atoms with Crippen molar-refractivity contribution in [1.29, 1.82) is 0 Å². The molecule has 7 heteroatoms. The molecule has 0 radical (unpaired) electrons. The van der Waals surface area contributed by atoms with Crippen molar-refractivity contribution in [2.75, 3.05) is 11.9 Å². The van der Waals surface area contributed by atoms with Crippen molar-refractivity contribution >= 4 is 34.6 Å². The number of furan rings is 1. The quantitative estimate of drug-likeness (QED) is 0.409. The molecule has 0 aliphatic rings. The van der Waals surface area contributed by atoms with Crippen molar-refractivity contribution in [1.82, 2.24) is 15.3 Å². The van der Waals surface area contributed by atoms with Crippen LogP contribution >= 0.6 is 0 Å². The molecule has 2 aromatic carbocycles. The third-order valence-electron chi connectivity index (χ3n) is 4.42. The maximum absolute atomic E-state index is 12.1. The van der Waals surface area contributed by atoms with Gasteiger partial charge >= 0.3 is 0 Å². The Kier molecular flexibility index (Phi) is 5.70. The number of carbonyl (C=O) groups excluding carboxylic acids is 2. The predicted molar refractivity (Wildman–Crippen MR) is 116 cm³/mol. The third-order valence-corrected chi connectivity index (χ3v) is 4.42. The van der Waals surface area contributed by atoms with Crippen LogP contribution in [0.15, 0.2) is 77.4 Å². The number of aromatic nitrogens is 2. The van der Waals surface area contributed by atoms with Crippen molar-refractivity contribution < 1.29 is 14.0 Å². The monoisotopic (exact) mass is 400 g/mol. The standard InChI is InChI=1S/C23H20N4O3/c28-21(12-11-18-4-3-15-30-18)24-14-13-22(29)25-17-9-7-16(8-10-17)23-26-19-5-1-2-6-20(19)27-23/h1-12,15H,13-14H2,(H,24,28)(H,25,29)(H,26,27)/b12-11+. The average molecular weight is 400 g/mol. The number of carbonyl (C=O) groups is 2. The summed E-state index contributed by atoms with van der Waals surface area (Å²) in [4.78, 5) is 31.7.